The van der Waals surface area contributed by atoms with E-state index in [9.17, 15) is 9.59 Å². The van der Waals surface area contributed by atoms with Crippen LogP contribution in [0.3, 0.4) is 0 Å². The molecule has 1 saturated heterocycles. The molecule has 2 aliphatic heterocycles. The molecule has 0 spiro atoms. The van der Waals surface area contributed by atoms with Crippen molar-refractivity contribution in [1.82, 2.24) is 14.5 Å². The second-order valence-corrected chi connectivity index (χ2v) is 8.16. The summed E-state index contributed by atoms with van der Waals surface area (Å²) in [4.78, 5) is 33.1. The van der Waals surface area contributed by atoms with Gasteiger partial charge < -0.3 is 14.8 Å². The van der Waals surface area contributed by atoms with Gasteiger partial charge in [0.2, 0.25) is 0 Å². The molecule has 1 aromatic carbocycles. The number of hydrogen-bond acceptors (Lipinski definition) is 3. The quantitative estimate of drug-likeness (QED) is 0.846. The zero-order valence-electron chi connectivity index (χ0n) is 17.4. The summed E-state index contributed by atoms with van der Waals surface area (Å²) in [6.07, 6.45) is 7.06. The maximum Gasteiger partial charge on any atom is 0.291 e. The molecule has 1 fully saturated rings. The standard InChI is InChI=1S/C23H30N4O2/c1-3-17-11-6-8-14-26(17)23(29)20-19-13-7-9-15-27(19)21(25-20)22(28)24-18-12-5-4-10-16(18)2/h4-5,10,12,17H,3,6-9,11,13-15H2,1-2H3,(H,24,28). The Morgan fingerprint density at radius 3 is 2.72 bits per heavy atom. The highest BCUT2D eigenvalue weighted by atomic mass is 16.2. The van der Waals surface area contributed by atoms with Crippen LogP contribution in [-0.2, 0) is 13.0 Å². The Morgan fingerprint density at radius 2 is 1.93 bits per heavy atom. The van der Waals surface area contributed by atoms with Crippen LogP contribution in [0.2, 0.25) is 0 Å². The molecule has 154 valence electrons. The van der Waals surface area contributed by atoms with Gasteiger partial charge in [-0.1, -0.05) is 25.1 Å². The fourth-order valence-corrected chi connectivity index (χ4v) is 4.61. The van der Waals surface area contributed by atoms with E-state index >= 15 is 0 Å². The molecular weight excluding hydrogens is 364 g/mol. The van der Waals surface area contributed by atoms with Gasteiger partial charge in [-0.15, -0.1) is 0 Å². The van der Waals surface area contributed by atoms with Crippen LogP contribution >= 0.6 is 0 Å². The third kappa shape index (κ3) is 3.80. The van der Waals surface area contributed by atoms with Gasteiger partial charge in [-0.25, -0.2) is 4.98 Å². The monoisotopic (exact) mass is 394 g/mol. The van der Waals surface area contributed by atoms with Gasteiger partial charge in [0.15, 0.2) is 5.82 Å². The molecule has 0 aliphatic carbocycles. The Labute approximate surface area is 172 Å². The number of piperidine rings is 1. The highest BCUT2D eigenvalue weighted by Gasteiger charge is 2.33. The topological polar surface area (TPSA) is 67.2 Å². The van der Waals surface area contributed by atoms with Crippen molar-refractivity contribution in [3.63, 3.8) is 0 Å². The number of amides is 2. The molecule has 2 aromatic rings. The first-order valence-electron chi connectivity index (χ1n) is 10.9. The van der Waals surface area contributed by atoms with E-state index in [2.05, 4.69) is 17.2 Å². The van der Waals surface area contributed by atoms with Crippen molar-refractivity contribution in [2.45, 2.75) is 71.4 Å². The summed E-state index contributed by atoms with van der Waals surface area (Å²) in [7, 11) is 0. The molecule has 4 rings (SSSR count). The Hall–Kier alpha value is -2.63. The number of carbonyl (C=O) groups excluding carboxylic acids is 2. The van der Waals surface area contributed by atoms with Gasteiger partial charge in [0, 0.05) is 24.8 Å². The number of nitrogens with one attached hydrogen (secondary N) is 1. The van der Waals surface area contributed by atoms with Crippen LogP contribution in [0, 0.1) is 6.92 Å². The summed E-state index contributed by atoms with van der Waals surface area (Å²) < 4.78 is 1.97. The highest BCUT2D eigenvalue weighted by molar-refractivity contribution is 6.04. The molecule has 2 aliphatic rings. The lowest BCUT2D eigenvalue weighted by Gasteiger charge is -2.35. The van der Waals surface area contributed by atoms with Crippen LogP contribution in [0.15, 0.2) is 24.3 Å². The van der Waals surface area contributed by atoms with Gasteiger partial charge in [-0.3, -0.25) is 9.59 Å². The summed E-state index contributed by atoms with van der Waals surface area (Å²) in [6.45, 7) is 5.63. The predicted molar refractivity (Wildman–Crippen MR) is 113 cm³/mol. The summed E-state index contributed by atoms with van der Waals surface area (Å²) in [5.41, 5.74) is 3.19. The van der Waals surface area contributed by atoms with Crippen LogP contribution in [-0.4, -0.2) is 38.9 Å². The number of hydrogen-bond donors (Lipinski definition) is 1. The maximum atomic E-state index is 13.4. The van der Waals surface area contributed by atoms with E-state index in [0.717, 1.165) is 68.6 Å². The third-order valence-electron chi connectivity index (χ3n) is 6.28. The summed E-state index contributed by atoms with van der Waals surface area (Å²) in [6, 6.07) is 7.98. The Kier molecular flexibility index (Phi) is 5.69. The van der Waals surface area contributed by atoms with E-state index in [1.54, 1.807) is 0 Å². The number of benzene rings is 1. The first-order valence-corrected chi connectivity index (χ1v) is 10.9. The molecule has 3 heterocycles. The molecule has 2 amide bonds. The number of rotatable bonds is 4. The van der Waals surface area contributed by atoms with E-state index in [4.69, 9.17) is 0 Å². The minimum absolute atomic E-state index is 0.00265. The van der Waals surface area contributed by atoms with Gasteiger partial charge in [-0.2, -0.15) is 0 Å². The van der Waals surface area contributed by atoms with E-state index in [1.165, 1.54) is 6.42 Å². The number of nitrogens with zero attached hydrogens (tertiary/aromatic N) is 3. The molecule has 1 N–H and O–H groups in total. The summed E-state index contributed by atoms with van der Waals surface area (Å²) in [5, 5.41) is 2.98. The SMILES string of the molecule is CCC1CCCCN1C(=O)c1nc(C(=O)Nc2ccccc2C)n2c1CCCC2. The van der Waals surface area contributed by atoms with Crippen LogP contribution < -0.4 is 5.32 Å². The molecule has 29 heavy (non-hydrogen) atoms. The minimum atomic E-state index is -0.243. The molecule has 1 unspecified atom stereocenters. The van der Waals surface area contributed by atoms with Gasteiger partial charge in [-0.05, 0) is 63.5 Å². The lowest BCUT2D eigenvalue weighted by atomic mass is 9.99. The molecule has 0 saturated carbocycles. The molecular formula is C23H30N4O2. The van der Waals surface area contributed by atoms with E-state index in [1.807, 2.05) is 40.7 Å². The molecule has 6 nitrogen and oxygen atoms in total. The fraction of sp³-hybridized carbons (Fsp3) is 0.522. The number of imidazole rings is 1. The van der Waals surface area contributed by atoms with Crippen molar-refractivity contribution in [2.24, 2.45) is 0 Å². The molecule has 1 aromatic heterocycles. The van der Waals surface area contributed by atoms with Crippen molar-refractivity contribution in [2.75, 3.05) is 11.9 Å². The Morgan fingerprint density at radius 1 is 1.14 bits per heavy atom. The number of carbonyl (C=O) groups is 2. The summed E-state index contributed by atoms with van der Waals surface area (Å²) in [5.74, 6) is 0.112. The Balaban J connectivity index is 1.66. The molecule has 0 bridgehead atoms. The number of anilines is 1. The average molecular weight is 395 g/mol. The van der Waals surface area contributed by atoms with Gasteiger partial charge in [0.05, 0.1) is 5.69 Å². The van der Waals surface area contributed by atoms with Gasteiger partial charge in [0.1, 0.15) is 5.69 Å². The normalized spacial score (nSPS) is 19.0. The van der Waals surface area contributed by atoms with Crippen LogP contribution in [0.4, 0.5) is 5.69 Å². The first kappa shape index (κ1) is 19.7. The third-order valence-corrected chi connectivity index (χ3v) is 6.28. The molecule has 6 heteroatoms. The van der Waals surface area contributed by atoms with Crippen LogP contribution in [0.25, 0.3) is 0 Å². The second-order valence-electron chi connectivity index (χ2n) is 8.16. The van der Waals surface area contributed by atoms with Crippen molar-refractivity contribution >= 4 is 17.5 Å². The molecule has 0 radical (unpaired) electrons. The van der Waals surface area contributed by atoms with E-state index in [0.29, 0.717) is 11.5 Å². The average Bonchev–Trinajstić information content (AvgIpc) is 3.14. The van der Waals surface area contributed by atoms with E-state index < -0.39 is 0 Å². The van der Waals surface area contributed by atoms with Crippen molar-refractivity contribution < 1.29 is 9.59 Å². The smallest absolute Gasteiger partial charge is 0.291 e. The lowest BCUT2D eigenvalue weighted by molar-refractivity contribution is 0.0600. The van der Waals surface area contributed by atoms with Crippen molar-refractivity contribution in [1.29, 1.82) is 0 Å². The Bertz CT molecular complexity index is 918. The van der Waals surface area contributed by atoms with Crippen molar-refractivity contribution in [3.05, 3.63) is 47.0 Å². The number of para-hydroxylation sites is 1. The minimum Gasteiger partial charge on any atom is -0.334 e. The molecule has 1 atom stereocenters. The second kappa shape index (κ2) is 8.39. The number of fused-ring (bicyclic) bond motifs is 1. The van der Waals surface area contributed by atoms with Crippen LogP contribution in [0.5, 0.6) is 0 Å². The van der Waals surface area contributed by atoms with Crippen molar-refractivity contribution in [3.8, 4) is 0 Å². The maximum absolute atomic E-state index is 13.4. The highest BCUT2D eigenvalue weighted by Crippen LogP contribution is 2.27. The fourth-order valence-electron chi connectivity index (χ4n) is 4.61. The van der Waals surface area contributed by atoms with Crippen LogP contribution in [0.1, 0.15) is 77.8 Å². The number of likely N-dealkylation sites (tertiary alicyclic amines) is 1. The van der Waals surface area contributed by atoms with Gasteiger partial charge >= 0.3 is 0 Å². The van der Waals surface area contributed by atoms with Gasteiger partial charge in [0.25, 0.3) is 11.8 Å². The lowest BCUT2D eigenvalue weighted by Crippen LogP contribution is -2.44. The number of aromatic nitrogens is 2. The first-order chi connectivity index (χ1) is 14.1. The predicted octanol–water partition coefficient (Wildman–Crippen LogP) is 4.18. The zero-order valence-corrected chi connectivity index (χ0v) is 17.4. The zero-order chi connectivity index (χ0) is 20.4. The van der Waals surface area contributed by atoms with E-state index in [-0.39, 0.29) is 17.9 Å². The summed E-state index contributed by atoms with van der Waals surface area (Å²) >= 11 is 0. The largest absolute Gasteiger partial charge is 0.334 e. The number of aryl methyl sites for hydroxylation is 1.